The van der Waals surface area contributed by atoms with Gasteiger partial charge in [0.2, 0.25) is 5.89 Å². The molecule has 0 unspecified atom stereocenters. The van der Waals surface area contributed by atoms with E-state index >= 15 is 0 Å². The molecule has 3 nitrogen and oxygen atoms in total. The third-order valence-corrected chi connectivity index (χ3v) is 3.23. The van der Waals surface area contributed by atoms with E-state index in [1.54, 1.807) is 0 Å². The third kappa shape index (κ3) is 1.71. The van der Waals surface area contributed by atoms with Crippen LogP contribution >= 0.6 is 0 Å². The zero-order chi connectivity index (χ0) is 11.8. The fourth-order valence-corrected chi connectivity index (χ4v) is 1.80. The van der Waals surface area contributed by atoms with Crippen LogP contribution in [0.1, 0.15) is 38.1 Å². The van der Waals surface area contributed by atoms with Crippen LogP contribution in [-0.2, 0) is 5.54 Å². The van der Waals surface area contributed by atoms with E-state index in [4.69, 9.17) is 10.2 Å². The summed E-state index contributed by atoms with van der Waals surface area (Å²) in [7, 11) is 0. The van der Waals surface area contributed by atoms with Crippen LogP contribution in [0.25, 0.3) is 11.1 Å². The molecule has 0 bridgehead atoms. The molecular formula is C13H18N2O. The van der Waals surface area contributed by atoms with E-state index in [1.807, 2.05) is 25.1 Å². The number of hydrogen-bond acceptors (Lipinski definition) is 3. The van der Waals surface area contributed by atoms with Crippen LogP contribution in [0.3, 0.4) is 0 Å². The van der Waals surface area contributed by atoms with Crippen molar-refractivity contribution < 1.29 is 4.42 Å². The maximum Gasteiger partial charge on any atom is 0.215 e. The molecule has 86 valence electrons. The highest BCUT2D eigenvalue weighted by atomic mass is 16.3. The van der Waals surface area contributed by atoms with Gasteiger partial charge in [0.15, 0.2) is 5.58 Å². The quantitative estimate of drug-likeness (QED) is 0.861. The minimum absolute atomic E-state index is 0.438. The first-order chi connectivity index (χ1) is 7.59. The number of rotatable bonds is 3. The molecule has 2 N–H and O–H groups in total. The van der Waals surface area contributed by atoms with E-state index in [0.29, 0.717) is 5.89 Å². The lowest BCUT2D eigenvalue weighted by molar-refractivity contribution is 0.318. The molecule has 0 spiro atoms. The van der Waals surface area contributed by atoms with Gasteiger partial charge in [-0.05, 0) is 37.5 Å². The number of aryl methyl sites for hydroxylation is 1. The summed E-state index contributed by atoms with van der Waals surface area (Å²) in [6.07, 6.45) is 1.66. The Hall–Kier alpha value is -1.35. The van der Waals surface area contributed by atoms with Gasteiger partial charge in [0.1, 0.15) is 5.52 Å². The molecule has 3 heteroatoms. The summed E-state index contributed by atoms with van der Waals surface area (Å²) in [5.41, 5.74) is 8.72. The van der Waals surface area contributed by atoms with Crippen molar-refractivity contribution in [3.8, 4) is 0 Å². The predicted molar refractivity (Wildman–Crippen MR) is 65.2 cm³/mol. The van der Waals surface area contributed by atoms with Gasteiger partial charge >= 0.3 is 0 Å². The Balaban J connectivity index is 2.54. The molecule has 0 fully saturated rings. The molecule has 0 aliphatic carbocycles. The number of aromatic nitrogens is 1. The number of oxazole rings is 1. The smallest absolute Gasteiger partial charge is 0.215 e. The summed E-state index contributed by atoms with van der Waals surface area (Å²) < 4.78 is 5.73. The monoisotopic (exact) mass is 218 g/mol. The Kier molecular flexibility index (Phi) is 2.72. The highest BCUT2D eigenvalue weighted by Gasteiger charge is 2.28. The van der Waals surface area contributed by atoms with Gasteiger partial charge in [-0.2, -0.15) is 0 Å². The Labute approximate surface area is 95.7 Å². The average molecular weight is 218 g/mol. The van der Waals surface area contributed by atoms with Crippen molar-refractivity contribution >= 4 is 11.1 Å². The summed E-state index contributed by atoms with van der Waals surface area (Å²) in [5, 5.41) is 0. The van der Waals surface area contributed by atoms with Gasteiger partial charge in [-0.1, -0.05) is 19.9 Å². The molecule has 1 aromatic heterocycles. The zero-order valence-electron chi connectivity index (χ0n) is 10.1. The van der Waals surface area contributed by atoms with Crippen LogP contribution in [0.15, 0.2) is 22.6 Å². The van der Waals surface area contributed by atoms with E-state index in [9.17, 15) is 0 Å². The largest absolute Gasteiger partial charge is 0.439 e. The standard InChI is InChI=1S/C13H18N2O/c1-4-13(14,5-2)12-15-10-8-9(3)6-7-11(10)16-12/h6-8H,4-5,14H2,1-3H3. The SMILES string of the molecule is CCC(N)(CC)c1nc2cc(C)ccc2o1. The molecule has 0 saturated carbocycles. The topological polar surface area (TPSA) is 52.0 Å². The minimum atomic E-state index is -0.438. The van der Waals surface area contributed by atoms with Gasteiger partial charge in [-0.25, -0.2) is 4.98 Å². The first kappa shape index (κ1) is 11.1. The van der Waals surface area contributed by atoms with Crippen LogP contribution < -0.4 is 5.73 Å². The van der Waals surface area contributed by atoms with E-state index in [1.165, 1.54) is 5.56 Å². The number of nitrogens with two attached hydrogens (primary N) is 1. The Morgan fingerprint density at radius 2 is 2.00 bits per heavy atom. The van der Waals surface area contributed by atoms with Crippen molar-refractivity contribution in [2.75, 3.05) is 0 Å². The molecule has 0 aliphatic rings. The summed E-state index contributed by atoms with van der Waals surface area (Å²) >= 11 is 0. The molecule has 0 amide bonds. The molecule has 0 radical (unpaired) electrons. The van der Waals surface area contributed by atoms with Crippen molar-refractivity contribution in [1.29, 1.82) is 0 Å². The summed E-state index contributed by atoms with van der Waals surface area (Å²) in [4.78, 5) is 4.50. The lowest BCUT2D eigenvalue weighted by Gasteiger charge is -2.21. The van der Waals surface area contributed by atoms with Gasteiger partial charge < -0.3 is 10.2 Å². The normalized spacial score (nSPS) is 12.2. The predicted octanol–water partition coefficient (Wildman–Crippen LogP) is 3.11. The van der Waals surface area contributed by atoms with Crippen molar-refractivity contribution in [2.45, 2.75) is 39.2 Å². The highest BCUT2D eigenvalue weighted by molar-refractivity contribution is 5.73. The van der Waals surface area contributed by atoms with E-state index in [0.717, 1.165) is 23.9 Å². The van der Waals surface area contributed by atoms with Crippen LogP contribution in [0.5, 0.6) is 0 Å². The summed E-state index contributed by atoms with van der Waals surface area (Å²) in [5.74, 6) is 0.651. The first-order valence-electron chi connectivity index (χ1n) is 5.75. The molecule has 1 aromatic carbocycles. The Bertz CT molecular complexity index is 498. The van der Waals surface area contributed by atoms with Crippen LogP contribution in [0, 0.1) is 6.92 Å². The molecule has 16 heavy (non-hydrogen) atoms. The maximum atomic E-state index is 6.26. The number of nitrogens with zero attached hydrogens (tertiary/aromatic N) is 1. The third-order valence-electron chi connectivity index (χ3n) is 3.23. The molecular weight excluding hydrogens is 200 g/mol. The van der Waals surface area contributed by atoms with Gasteiger partial charge in [0.25, 0.3) is 0 Å². The summed E-state index contributed by atoms with van der Waals surface area (Å²) in [6, 6.07) is 5.99. The van der Waals surface area contributed by atoms with Crippen molar-refractivity contribution in [3.05, 3.63) is 29.7 Å². The van der Waals surface area contributed by atoms with Gasteiger partial charge in [0, 0.05) is 0 Å². The number of hydrogen-bond donors (Lipinski definition) is 1. The average Bonchev–Trinajstić information content (AvgIpc) is 2.71. The number of fused-ring (bicyclic) bond motifs is 1. The van der Waals surface area contributed by atoms with Gasteiger partial charge in [-0.3, -0.25) is 0 Å². The van der Waals surface area contributed by atoms with Gasteiger partial charge in [0.05, 0.1) is 5.54 Å². The van der Waals surface area contributed by atoms with Gasteiger partial charge in [-0.15, -0.1) is 0 Å². The Morgan fingerprint density at radius 1 is 1.31 bits per heavy atom. The van der Waals surface area contributed by atoms with E-state index in [2.05, 4.69) is 18.8 Å². The van der Waals surface area contributed by atoms with Crippen molar-refractivity contribution in [1.82, 2.24) is 4.98 Å². The maximum absolute atomic E-state index is 6.26. The minimum Gasteiger partial charge on any atom is -0.439 e. The highest BCUT2D eigenvalue weighted by Crippen LogP contribution is 2.28. The zero-order valence-corrected chi connectivity index (χ0v) is 10.1. The lowest BCUT2D eigenvalue weighted by atomic mass is 9.94. The number of benzene rings is 1. The summed E-state index contributed by atoms with van der Waals surface area (Å²) in [6.45, 7) is 6.16. The molecule has 1 heterocycles. The second-order valence-electron chi connectivity index (χ2n) is 4.35. The van der Waals surface area contributed by atoms with Crippen molar-refractivity contribution in [3.63, 3.8) is 0 Å². The molecule has 2 rings (SSSR count). The lowest BCUT2D eigenvalue weighted by Crippen LogP contribution is -2.35. The van der Waals surface area contributed by atoms with E-state index < -0.39 is 5.54 Å². The fourth-order valence-electron chi connectivity index (χ4n) is 1.80. The van der Waals surface area contributed by atoms with Crippen LogP contribution in [0.2, 0.25) is 0 Å². The molecule has 0 saturated heterocycles. The van der Waals surface area contributed by atoms with Crippen molar-refractivity contribution in [2.24, 2.45) is 5.73 Å². The Morgan fingerprint density at radius 3 is 2.62 bits per heavy atom. The van der Waals surface area contributed by atoms with Crippen LogP contribution in [-0.4, -0.2) is 4.98 Å². The van der Waals surface area contributed by atoms with Crippen LogP contribution in [0.4, 0.5) is 0 Å². The second kappa shape index (κ2) is 3.91. The van der Waals surface area contributed by atoms with E-state index in [-0.39, 0.29) is 0 Å². The fraction of sp³-hybridized carbons (Fsp3) is 0.462. The first-order valence-corrected chi connectivity index (χ1v) is 5.75. The second-order valence-corrected chi connectivity index (χ2v) is 4.35. The molecule has 0 atom stereocenters. The molecule has 2 aromatic rings. The molecule has 0 aliphatic heterocycles.